The van der Waals surface area contributed by atoms with Gasteiger partial charge in [-0.25, -0.2) is 0 Å². The van der Waals surface area contributed by atoms with Crippen LogP contribution in [0.15, 0.2) is 58.3 Å². The van der Waals surface area contributed by atoms with E-state index in [1.165, 1.54) is 54.7 Å². The van der Waals surface area contributed by atoms with Gasteiger partial charge in [-0.1, -0.05) is 98.3 Å². The molecule has 0 bridgehead atoms. The monoisotopic (exact) mass is 485 g/mol. The molecule has 1 heterocycles. The number of nitrogens with zero attached hydrogens (tertiary/aromatic N) is 1. The standard InChI is InChI=1S/C33H43NS/c1-12-33(10,11)24-14-16-27-29(20-24)35-28-19-23(31(4,5)6)13-15-26(28)34(27)30-21(2)17-25(18-22(30)3)32(7,8)9/h13-20H,12H2,1-11H3. The summed E-state index contributed by atoms with van der Waals surface area (Å²) >= 11 is 1.93. The Balaban J connectivity index is 1.98. The van der Waals surface area contributed by atoms with Crippen molar-refractivity contribution in [3.8, 4) is 0 Å². The highest BCUT2D eigenvalue weighted by Crippen LogP contribution is 2.54. The molecule has 0 amide bonds. The first-order valence-electron chi connectivity index (χ1n) is 13.0. The zero-order valence-electron chi connectivity index (χ0n) is 23.7. The molecule has 0 radical (unpaired) electrons. The van der Waals surface area contributed by atoms with Crippen LogP contribution in [0.2, 0.25) is 0 Å². The normalized spacial score (nSPS) is 14.1. The molecule has 0 aromatic heterocycles. The number of aryl methyl sites for hydroxylation is 2. The molecule has 3 aromatic rings. The van der Waals surface area contributed by atoms with E-state index in [2.05, 4.69) is 130 Å². The van der Waals surface area contributed by atoms with Crippen LogP contribution < -0.4 is 4.90 Å². The van der Waals surface area contributed by atoms with Crippen LogP contribution in [0, 0.1) is 13.8 Å². The van der Waals surface area contributed by atoms with Gasteiger partial charge in [0.2, 0.25) is 0 Å². The van der Waals surface area contributed by atoms with Crippen molar-refractivity contribution >= 4 is 28.8 Å². The van der Waals surface area contributed by atoms with Gasteiger partial charge in [-0.3, -0.25) is 0 Å². The minimum atomic E-state index is 0.118. The third-order valence-electron chi connectivity index (χ3n) is 7.73. The van der Waals surface area contributed by atoms with Crippen LogP contribution in [0.5, 0.6) is 0 Å². The fourth-order valence-corrected chi connectivity index (χ4v) is 6.02. The third-order valence-corrected chi connectivity index (χ3v) is 8.83. The van der Waals surface area contributed by atoms with Crippen LogP contribution in [0.4, 0.5) is 17.1 Å². The molecule has 3 aromatic carbocycles. The van der Waals surface area contributed by atoms with Gasteiger partial charge in [0.25, 0.3) is 0 Å². The smallest absolute Gasteiger partial charge is 0.0602 e. The molecule has 4 rings (SSSR count). The zero-order valence-corrected chi connectivity index (χ0v) is 24.5. The van der Waals surface area contributed by atoms with Crippen molar-refractivity contribution in [3.63, 3.8) is 0 Å². The second-order valence-electron chi connectivity index (χ2n) is 13.0. The van der Waals surface area contributed by atoms with Gasteiger partial charge in [-0.2, -0.15) is 0 Å². The van der Waals surface area contributed by atoms with Gasteiger partial charge in [0.15, 0.2) is 0 Å². The maximum Gasteiger partial charge on any atom is 0.0602 e. The van der Waals surface area contributed by atoms with Crippen molar-refractivity contribution in [1.82, 2.24) is 0 Å². The number of benzene rings is 3. The lowest BCUT2D eigenvalue weighted by Crippen LogP contribution is -2.21. The largest absolute Gasteiger partial charge is 0.308 e. The Hall–Kier alpha value is -2.19. The molecule has 0 aliphatic carbocycles. The molecule has 0 atom stereocenters. The highest BCUT2D eigenvalue weighted by atomic mass is 32.2. The summed E-state index contributed by atoms with van der Waals surface area (Å²) < 4.78 is 0. The average Bonchev–Trinajstić information content (AvgIpc) is 2.76. The van der Waals surface area contributed by atoms with Crippen LogP contribution in [-0.2, 0) is 16.2 Å². The minimum Gasteiger partial charge on any atom is -0.308 e. The van der Waals surface area contributed by atoms with E-state index < -0.39 is 0 Å². The molecular formula is C33H43NS. The van der Waals surface area contributed by atoms with Crippen LogP contribution in [0.1, 0.15) is 96.6 Å². The Morgan fingerprint density at radius 3 is 1.54 bits per heavy atom. The molecule has 1 aliphatic rings. The molecule has 186 valence electrons. The van der Waals surface area contributed by atoms with Gasteiger partial charge >= 0.3 is 0 Å². The number of hydrogen-bond acceptors (Lipinski definition) is 2. The predicted molar refractivity (Wildman–Crippen MR) is 155 cm³/mol. The Kier molecular flexibility index (Phi) is 6.46. The van der Waals surface area contributed by atoms with E-state index in [1.807, 2.05) is 11.8 Å². The van der Waals surface area contributed by atoms with Gasteiger partial charge in [-0.05, 0) is 88.6 Å². The molecule has 1 aliphatic heterocycles. The highest BCUT2D eigenvalue weighted by molar-refractivity contribution is 7.99. The van der Waals surface area contributed by atoms with Gasteiger partial charge in [-0.15, -0.1) is 0 Å². The second-order valence-corrected chi connectivity index (χ2v) is 14.1. The highest BCUT2D eigenvalue weighted by Gasteiger charge is 2.30. The fraction of sp³-hybridized carbons (Fsp3) is 0.455. The van der Waals surface area contributed by atoms with E-state index in [9.17, 15) is 0 Å². The molecule has 35 heavy (non-hydrogen) atoms. The first-order valence-corrected chi connectivity index (χ1v) is 13.8. The van der Waals surface area contributed by atoms with Crippen LogP contribution in [-0.4, -0.2) is 0 Å². The van der Waals surface area contributed by atoms with Crippen molar-refractivity contribution in [2.45, 2.75) is 109 Å². The zero-order chi connectivity index (χ0) is 25.9. The summed E-state index contributed by atoms with van der Waals surface area (Å²) in [4.78, 5) is 5.21. The lowest BCUT2D eigenvalue weighted by Gasteiger charge is -2.37. The molecule has 0 unspecified atom stereocenters. The van der Waals surface area contributed by atoms with Gasteiger partial charge in [0.05, 0.1) is 17.1 Å². The maximum atomic E-state index is 2.52. The van der Waals surface area contributed by atoms with Crippen molar-refractivity contribution in [2.24, 2.45) is 0 Å². The Morgan fingerprint density at radius 1 is 0.629 bits per heavy atom. The predicted octanol–water partition coefficient (Wildman–Crippen LogP) is 10.5. The topological polar surface area (TPSA) is 3.24 Å². The molecular weight excluding hydrogens is 442 g/mol. The molecule has 0 saturated carbocycles. The Bertz CT molecular complexity index is 1240. The van der Waals surface area contributed by atoms with Crippen molar-refractivity contribution in [2.75, 3.05) is 4.90 Å². The van der Waals surface area contributed by atoms with Crippen LogP contribution in [0.3, 0.4) is 0 Å². The summed E-state index contributed by atoms with van der Waals surface area (Å²) in [5.74, 6) is 0. The maximum absolute atomic E-state index is 2.52. The summed E-state index contributed by atoms with van der Waals surface area (Å²) in [5, 5.41) is 0. The lowest BCUT2D eigenvalue weighted by atomic mass is 9.82. The van der Waals surface area contributed by atoms with Crippen molar-refractivity contribution in [3.05, 3.63) is 76.3 Å². The van der Waals surface area contributed by atoms with E-state index in [0.29, 0.717) is 0 Å². The molecule has 1 nitrogen and oxygen atoms in total. The van der Waals surface area contributed by atoms with E-state index in [-0.39, 0.29) is 16.2 Å². The molecule has 0 fully saturated rings. The first-order chi connectivity index (χ1) is 16.1. The fourth-order valence-electron chi connectivity index (χ4n) is 4.88. The number of rotatable bonds is 3. The minimum absolute atomic E-state index is 0.118. The summed E-state index contributed by atoms with van der Waals surface area (Å²) in [6.45, 7) is 25.3. The number of fused-ring (bicyclic) bond motifs is 2. The first kappa shape index (κ1) is 25.9. The van der Waals surface area contributed by atoms with Gasteiger partial charge in [0.1, 0.15) is 0 Å². The van der Waals surface area contributed by atoms with Gasteiger partial charge < -0.3 is 4.90 Å². The second kappa shape index (κ2) is 8.73. The molecule has 2 heteroatoms. The summed E-state index contributed by atoms with van der Waals surface area (Å²) in [7, 11) is 0. The van der Waals surface area contributed by atoms with Crippen LogP contribution >= 0.6 is 11.8 Å². The molecule has 0 saturated heterocycles. The number of anilines is 3. The van der Waals surface area contributed by atoms with Crippen molar-refractivity contribution in [1.29, 1.82) is 0 Å². The SMILES string of the molecule is CCC(C)(C)c1ccc2c(c1)Sc1cc(C(C)(C)C)ccc1N2c1c(C)cc(C(C)(C)C)cc1C. The van der Waals surface area contributed by atoms with E-state index >= 15 is 0 Å². The lowest BCUT2D eigenvalue weighted by molar-refractivity contribution is 0.505. The third kappa shape index (κ3) is 4.79. The van der Waals surface area contributed by atoms with E-state index in [1.54, 1.807) is 0 Å². The van der Waals surface area contributed by atoms with Gasteiger partial charge in [0, 0.05) is 9.79 Å². The van der Waals surface area contributed by atoms with E-state index in [4.69, 9.17) is 0 Å². The van der Waals surface area contributed by atoms with Crippen LogP contribution in [0.25, 0.3) is 0 Å². The summed E-state index contributed by atoms with van der Waals surface area (Å²) in [5.41, 5.74) is 11.1. The molecule has 0 spiro atoms. The Morgan fingerprint density at radius 2 is 1.09 bits per heavy atom. The average molecular weight is 486 g/mol. The Labute approximate surface area is 218 Å². The quantitative estimate of drug-likeness (QED) is 0.284. The van der Waals surface area contributed by atoms with Crippen molar-refractivity contribution < 1.29 is 0 Å². The van der Waals surface area contributed by atoms with E-state index in [0.717, 1.165) is 6.42 Å². The summed E-state index contributed by atoms with van der Waals surface area (Å²) in [6, 6.07) is 19.0. The molecule has 0 N–H and O–H groups in total. The number of hydrogen-bond donors (Lipinski definition) is 0. The summed E-state index contributed by atoms with van der Waals surface area (Å²) in [6.07, 6.45) is 1.12.